The Labute approximate surface area is 196 Å². The Balaban J connectivity index is 1.85. The van der Waals surface area contributed by atoms with Crippen LogP contribution in [0.3, 0.4) is 0 Å². The predicted molar refractivity (Wildman–Crippen MR) is 129 cm³/mol. The number of carbonyl (C=O) groups excluding carboxylic acids is 1. The van der Waals surface area contributed by atoms with Gasteiger partial charge >= 0.3 is 0 Å². The molecule has 3 aromatic rings. The van der Waals surface area contributed by atoms with Gasteiger partial charge in [-0.2, -0.15) is 5.26 Å². The van der Waals surface area contributed by atoms with Crippen molar-refractivity contribution < 1.29 is 14.3 Å². The van der Waals surface area contributed by atoms with Crippen LogP contribution in [-0.4, -0.2) is 18.0 Å². The summed E-state index contributed by atoms with van der Waals surface area (Å²) in [5, 5.41) is 13.5. The standard InChI is InChI=1S/C26H24N4O4/c1-13-5-8-20(14(2)9-13)29-26(32)22-15(3)34-24(28)19(12-27)23(22)18-10-16-6-7-17(33-4)11-21(16)30-25(18)31/h5-11,23H,28H2,1-4H3,(H,29,32)(H,30,31). The molecule has 0 spiro atoms. The maximum Gasteiger partial charge on any atom is 0.256 e. The molecule has 2 aromatic carbocycles. The fourth-order valence-corrected chi connectivity index (χ4v) is 4.17. The number of hydrogen-bond donors (Lipinski definition) is 3. The summed E-state index contributed by atoms with van der Waals surface area (Å²) in [4.78, 5) is 29.5. The Morgan fingerprint density at radius 2 is 1.94 bits per heavy atom. The molecule has 1 amide bonds. The number of aryl methyl sites for hydroxylation is 2. The smallest absolute Gasteiger partial charge is 0.256 e. The Hall–Kier alpha value is -4.51. The highest BCUT2D eigenvalue weighted by Crippen LogP contribution is 2.39. The van der Waals surface area contributed by atoms with Crippen LogP contribution in [-0.2, 0) is 9.53 Å². The summed E-state index contributed by atoms with van der Waals surface area (Å²) in [5.41, 5.74) is 9.04. The molecule has 8 nitrogen and oxygen atoms in total. The molecule has 172 valence electrons. The van der Waals surface area contributed by atoms with E-state index >= 15 is 0 Å². The lowest BCUT2D eigenvalue weighted by atomic mass is 9.82. The van der Waals surface area contributed by atoms with Crippen LogP contribution >= 0.6 is 0 Å². The third kappa shape index (κ3) is 3.99. The van der Waals surface area contributed by atoms with Crippen LogP contribution < -0.4 is 21.3 Å². The number of aromatic amines is 1. The average molecular weight is 457 g/mol. The van der Waals surface area contributed by atoms with Crippen LogP contribution in [0.2, 0.25) is 0 Å². The number of allylic oxidation sites excluding steroid dienone is 2. The van der Waals surface area contributed by atoms with Gasteiger partial charge in [0.2, 0.25) is 5.88 Å². The third-order valence-corrected chi connectivity index (χ3v) is 5.87. The summed E-state index contributed by atoms with van der Waals surface area (Å²) in [7, 11) is 1.54. The van der Waals surface area contributed by atoms with E-state index in [1.54, 1.807) is 31.2 Å². The van der Waals surface area contributed by atoms with Crippen molar-refractivity contribution >= 4 is 22.5 Å². The minimum Gasteiger partial charge on any atom is -0.497 e. The van der Waals surface area contributed by atoms with Crippen LogP contribution in [0.1, 0.15) is 29.5 Å². The van der Waals surface area contributed by atoms with Crippen molar-refractivity contribution in [1.29, 1.82) is 5.26 Å². The first-order valence-electron chi connectivity index (χ1n) is 10.6. The van der Waals surface area contributed by atoms with E-state index < -0.39 is 17.4 Å². The van der Waals surface area contributed by atoms with E-state index in [0.29, 0.717) is 22.3 Å². The number of hydrogen-bond acceptors (Lipinski definition) is 6. The number of amides is 1. The highest BCUT2D eigenvalue weighted by molar-refractivity contribution is 6.06. The number of fused-ring (bicyclic) bond motifs is 1. The SMILES string of the molecule is COc1ccc2cc(C3C(C#N)=C(N)OC(C)=C3C(=O)Nc3ccc(C)cc3C)c(=O)[nH]c2c1. The molecule has 1 aliphatic rings. The molecule has 0 saturated heterocycles. The Kier molecular flexibility index (Phi) is 5.86. The molecule has 0 radical (unpaired) electrons. The number of ether oxygens (including phenoxy) is 2. The molecule has 1 aliphatic heterocycles. The van der Waals surface area contributed by atoms with Gasteiger partial charge in [-0.15, -0.1) is 0 Å². The number of nitrogens with two attached hydrogens (primary N) is 1. The highest BCUT2D eigenvalue weighted by Gasteiger charge is 2.37. The number of benzene rings is 2. The molecule has 4 N–H and O–H groups in total. The lowest BCUT2D eigenvalue weighted by Gasteiger charge is -2.27. The first kappa shape index (κ1) is 22.7. The molecule has 1 unspecified atom stereocenters. The largest absolute Gasteiger partial charge is 0.497 e. The number of anilines is 1. The first-order chi connectivity index (χ1) is 16.2. The van der Waals surface area contributed by atoms with Gasteiger partial charge in [0.1, 0.15) is 23.2 Å². The number of rotatable bonds is 4. The summed E-state index contributed by atoms with van der Waals surface area (Å²) in [6.45, 7) is 5.44. The summed E-state index contributed by atoms with van der Waals surface area (Å²) >= 11 is 0. The molecule has 1 aromatic heterocycles. The summed E-state index contributed by atoms with van der Waals surface area (Å²) in [5.74, 6) is -0.808. The molecule has 0 fully saturated rings. The highest BCUT2D eigenvalue weighted by atomic mass is 16.5. The van der Waals surface area contributed by atoms with Crippen molar-refractivity contribution in [2.24, 2.45) is 5.73 Å². The second kappa shape index (κ2) is 8.79. The first-order valence-corrected chi connectivity index (χ1v) is 10.6. The number of nitrogens with one attached hydrogen (secondary N) is 2. The normalized spacial score (nSPS) is 15.7. The number of nitrogens with zero attached hydrogens (tertiary/aromatic N) is 1. The lowest BCUT2D eigenvalue weighted by Crippen LogP contribution is -2.31. The summed E-state index contributed by atoms with van der Waals surface area (Å²) in [6, 6.07) is 14.6. The van der Waals surface area contributed by atoms with E-state index in [1.165, 1.54) is 7.11 Å². The molecule has 0 aliphatic carbocycles. The van der Waals surface area contributed by atoms with Gasteiger partial charge in [0.05, 0.1) is 24.1 Å². The molecule has 2 heterocycles. The zero-order valence-electron chi connectivity index (χ0n) is 19.3. The molecular weight excluding hydrogens is 432 g/mol. The van der Waals surface area contributed by atoms with E-state index in [9.17, 15) is 14.9 Å². The van der Waals surface area contributed by atoms with E-state index in [-0.39, 0.29) is 28.4 Å². The zero-order chi connectivity index (χ0) is 24.6. The van der Waals surface area contributed by atoms with Gasteiger partial charge < -0.3 is 25.5 Å². The quantitative estimate of drug-likeness (QED) is 0.546. The maximum absolute atomic E-state index is 13.5. The van der Waals surface area contributed by atoms with Gasteiger partial charge in [0, 0.05) is 17.3 Å². The topological polar surface area (TPSA) is 130 Å². The second-order valence-electron chi connectivity index (χ2n) is 8.17. The summed E-state index contributed by atoms with van der Waals surface area (Å²) < 4.78 is 10.8. The molecule has 4 rings (SSSR count). The van der Waals surface area contributed by atoms with Crippen LogP contribution in [0.25, 0.3) is 10.9 Å². The molecule has 1 atom stereocenters. The minimum absolute atomic E-state index is 0.00487. The third-order valence-electron chi connectivity index (χ3n) is 5.87. The average Bonchev–Trinajstić information content (AvgIpc) is 2.79. The fraction of sp³-hybridized carbons (Fsp3) is 0.192. The lowest BCUT2D eigenvalue weighted by molar-refractivity contribution is -0.113. The van der Waals surface area contributed by atoms with Gasteiger partial charge in [-0.05, 0) is 56.0 Å². The van der Waals surface area contributed by atoms with Crippen LogP contribution in [0, 0.1) is 25.2 Å². The Morgan fingerprint density at radius 3 is 2.62 bits per heavy atom. The predicted octanol–water partition coefficient (Wildman–Crippen LogP) is 3.87. The molecule has 8 heteroatoms. The Morgan fingerprint density at radius 1 is 1.18 bits per heavy atom. The number of nitriles is 1. The van der Waals surface area contributed by atoms with Crippen molar-refractivity contribution in [1.82, 2.24) is 4.98 Å². The van der Waals surface area contributed by atoms with Gasteiger partial charge in [-0.1, -0.05) is 17.7 Å². The van der Waals surface area contributed by atoms with Gasteiger partial charge in [0.15, 0.2) is 0 Å². The Bertz CT molecular complexity index is 1490. The van der Waals surface area contributed by atoms with Crippen molar-refractivity contribution in [2.75, 3.05) is 12.4 Å². The molecular formula is C26H24N4O4. The van der Waals surface area contributed by atoms with Crippen LogP contribution in [0.15, 0.2) is 70.0 Å². The van der Waals surface area contributed by atoms with Crippen molar-refractivity contribution in [3.05, 3.63) is 92.3 Å². The number of methoxy groups -OCH3 is 1. The van der Waals surface area contributed by atoms with Crippen molar-refractivity contribution in [3.8, 4) is 11.8 Å². The van der Waals surface area contributed by atoms with Gasteiger partial charge in [0.25, 0.3) is 11.5 Å². The van der Waals surface area contributed by atoms with E-state index in [0.717, 1.165) is 11.1 Å². The molecule has 34 heavy (non-hydrogen) atoms. The fourth-order valence-electron chi connectivity index (χ4n) is 4.17. The van der Waals surface area contributed by atoms with E-state index in [1.807, 2.05) is 38.1 Å². The van der Waals surface area contributed by atoms with Gasteiger partial charge in [-0.25, -0.2) is 0 Å². The zero-order valence-corrected chi connectivity index (χ0v) is 19.3. The number of H-pyrrole nitrogens is 1. The van der Waals surface area contributed by atoms with Crippen LogP contribution in [0.5, 0.6) is 5.75 Å². The molecule has 0 saturated carbocycles. The number of pyridine rings is 1. The number of carbonyl (C=O) groups is 1. The van der Waals surface area contributed by atoms with Gasteiger partial charge in [-0.3, -0.25) is 9.59 Å². The van der Waals surface area contributed by atoms with Crippen molar-refractivity contribution in [2.45, 2.75) is 26.7 Å². The maximum atomic E-state index is 13.5. The monoisotopic (exact) mass is 456 g/mol. The van der Waals surface area contributed by atoms with Crippen LogP contribution in [0.4, 0.5) is 5.69 Å². The minimum atomic E-state index is -1.00. The van der Waals surface area contributed by atoms with Crippen molar-refractivity contribution in [3.63, 3.8) is 0 Å². The number of aromatic nitrogens is 1. The van der Waals surface area contributed by atoms with E-state index in [4.69, 9.17) is 15.2 Å². The second-order valence-corrected chi connectivity index (χ2v) is 8.17. The molecule has 0 bridgehead atoms. The summed E-state index contributed by atoms with van der Waals surface area (Å²) in [6.07, 6.45) is 0. The van der Waals surface area contributed by atoms with E-state index in [2.05, 4.69) is 10.3 Å².